The van der Waals surface area contributed by atoms with E-state index in [0.29, 0.717) is 16.9 Å². The Morgan fingerprint density at radius 2 is 1.69 bits per heavy atom. The van der Waals surface area contributed by atoms with Gasteiger partial charge in [-0.2, -0.15) is 0 Å². The summed E-state index contributed by atoms with van der Waals surface area (Å²) in [7, 11) is -2.67. The van der Waals surface area contributed by atoms with Crippen LogP contribution in [0.4, 0.5) is 0 Å². The predicted octanol–water partition coefficient (Wildman–Crippen LogP) is 0.597. The molecule has 13 heavy (non-hydrogen) atoms. The normalized spacial score (nSPS) is 29.8. The first-order valence-corrected chi connectivity index (χ1v) is 6.35. The fraction of sp³-hybridized carbons (Fsp3) is 1.00. The minimum atomic E-state index is -2.67. The maximum atomic E-state index is 11.2. The van der Waals surface area contributed by atoms with Gasteiger partial charge in [0.05, 0.1) is 11.5 Å². The van der Waals surface area contributed by atoms with Crippen molar-refractivity contribution in [1.82, 2.24) is 5.32 Å². The van der Waals surface area contributed by atoms with Crippen LogP contribution < -0.4 is 5.32 Å². The highest BCUT2D eigenvalue weighted by molar-refractivity contribution is 7.91. The van der Waals surface area contributed by atoms with Crippen molar-refractivity contribution in [3.8, 4) is 0 Å². The number of hydrogen-bond acceptors (Lipinski definition) is 3. The second kappa shape index (κ2) is 3.75. The Hall–Kier alpha value is 0.200. The summed E-state index contributed by atoms with van der Waals surface area (Å²) < 4.78 is 22.3. The smallest absolute Gasteiger partial charge is 0.150 e. The monoisotopic (exact) mass is 225 g/mol. The van der Waals surface area contributed by atoms with Crippen LogP contribution in [-0.4, -0.2) is 33.0 Å². The molecule has 1 N–H and O–H groups in total. The van der Waals surface area contributed by atoms with Gasteiger partial charge in [0.1, 0.15) is 9.84 Å². The molecule has 2 fully saturated rings. The average Bonchev–Trinajstić information content (AvgIpc) is 2.46. The van der Waals surface area contributed by atoms with Crippen LogP contribution in [0, 0.1) is 5.41 Å². The van der Waals surface area contributed by atoms with E-state index >= 15 is 0 Å². The van der Waals surface area contributed by atoms with Gasteiger partial charge in [0, 0.05) is 6.54 Å². The summed E-state index contributed by atoms with van der Waals surface area (Å²) in [5.41, 5.74) is 0.339. The molecule has 0 radical (unpaired) electrons. The van der Waals surface area contributed by atoms with E-state index in [-0.39, 0.29) is 12.4 Å². The van der Waals surface area contributed by atoms with Gasteiger partial charge in [0.15, 0.2) is 0 Å². The standard InChI is InChI=1S/C8H15NO2S.ClH/c10-12(11)5-2-8(3-6-12)1-4-9-7-8;/h9H,1-7H2;1H. The molecular formula is C8H16ClNO2S. The molecule has 2 rings (SSSR count). The molecule has 0 unspecified atom stereocenters. The van der Waals surface area contributed by atoms with Gasteiger partial charge >= 0.3 is 0 Å². The molecule has 2 saturated heterocycles. The summed E-state index contributed by atoms with van der Waals surface area (Å²) in [6.07, 6.45) is 2.92. The maximum Gasteiger partial charge on any atom is 0.150 e. The summed E-state index contributed by atoms with van der Waals surface area (Å²) in [5.74, 6) is 0.823. The summed E-state index contributed by atoms with van der Waals surface area (Å²) in [6.45, 7) is 2.10. The van der Waals surface area contributed by atoms with Crippen molar-refractivity contribution in [3.63, 3.8) is 0 Å². The molecular weight excluding hydrogens is 210 g/mol. The summed E-state index contributed by atoms with van der Waals surface area (Å²) >= 11 is 0. The van der Waals surface area contributed by atoms with Crippen molar-refractivity contribution in [2.24, 2.45) is 5.41 Å². The van der Waals surface area contributed by atoms with Gasteiger partial charge in [-0.15, -0.1) is 12.4 Å². The van der Waals surface area contributed by atoms with Crippen molar-refractivity contribution in [1.29, 1.82) is 0 Å². The Bertz CT molecular complexity index is 254. The van der Waals surface area contributed by atoms with Gasteiger partial charge in [0.25, 0.3) is 0 Å². The Balaban J connectivity index is 0.000000845. The number of nitrogens with one attached hydrogen (secondary N) is 1. The van der Waals surface area contributed by atoms with Gasteiger partial charge in [-0.1, -0.05) is 0 Å². The Morgan fingerprint density at radius 1 is 1.08 bits per heavy atom. The van der Waals surface area contributed by atoms with E-state index in [1.165, 1.54) is 6.42 Å². The Labute approximate surface area is 85.6 Å². The van der Waals surface area contributed by atoms with Gasteiger partial charge in [0.2, 0.25) is 0 Å². The van der Waals surface area contributed by atoms with Crippen LogP contribution in [-0.2, 0) is 9.84 Å². The molecule has 2 aliphatic rings. The SMILES string of the molecule is Cl.O=S1(=O)CCC2(CCNC2)CC1. The van der Waals surface area contributed by atoms with Gasteiger partial charge in [-0.05, 0) is 31.2 Å². The highest BCUT2D eigenvalue weighted by atomic mass is 35.5. The molecule has 0 amide bonds. The number of hydrogen-bond donors (Lipinski definition) is 1. The Morgan fingerprint density at radius 3 is 2.15 bits per heavy atom. The maximum absolute atomic E-state index is 11.2. The molecule has 0 aromatic carbocycles. The van der Waals surface area contributed by atoms with Crippen molar-refractivity contribution in [2.45, 2.75) is 19.3 Å². The van der Waals surface area contributed by atoms with E-state index in [4.69, 9.17) is 0 Å². The first-order valence-electron chi connectivity index (χ1n) is 4.53. The van der Waals surface area contributed by atoms with Crippen molar-refractivity contribution in [2.75, 3.05) is 24.6 Å². The third-order valence-electron chi connectivity index (χ3n) is 3.22. The second-order valence-electron chi connectivity index (χ2n) is 4.08. The largest absolute Gasteiger partial charge is 0.316 e. The summed E-state index contributed by atoms with van der Waals surface area (Å²) in [4.78, 5) is 0. The summed E-state index contributed by atoms with van der Waals surface area (Å²) in [5, 5.41) is 3.32. The summed E-state index contributed by atoms with van der Waals surface area (Å²) in [6, 6.07) is 0. The van der Waals surface area contributed by atoms with Crippen LogP contribution in [0.15, 0.2) is 0 Å². The number of halogens is 1. The van der Waals surface area contributed by atoms with E-state index in [0.717, 1.165) is 25.9 Å². The number of sulfone groups is 1. The van der Waals surface area contributed by atoms with Gasteiger partial charge in [-0.3, -0.25) is 0 Å². The first-order chi connectivity index (χ1) is 5.62. The second-order valence-corrected chi connectivity index (χ2v) is 6.38. The van der Waals surface area contributed by atoms with E-state index in [1.54, 1.807) is 0 Å². The molecule has 2 heterocycles. The fourth-order valence-electron chi connectivity index (χ4n) is 2.19. The van der Waals surface area contributed by atoms with Crippen LogP contribution in [0.1, 0.15) is 19.3 Å². The molecule has 0 aromatic rings. The molecule has 5 heteroatoms. The zero-order valence-corrected chi connectivity index (χ0v) is 9.22. The van der Waals surface area contributed by atoms with Crippen molar-refractivity contribution in [3.05, 3.63) is 0 Å². The van der Waals surface area contributed by atoms with Crippen molar-refractivity contribution >= 4 is 22.2 Å². The molecule has 0 bridgehead atoms. The molecule has 2 aliphatic heterocycles. The zero-order valence-electron chi connectivity index (χ0n) is 7.58. The molecule has 0 atom stereocenters. The molecule has 0 saturated carbocycles. The van der Waals surface area contributed by atoms with Crippen LogP contribution in [0.25, 0.3) is 0 Å². The highest BCUT2D eigenvalue weighted by Crippen LogP contribution is 2.37. The molecule has 0 aromatic heterocycles. The molecule has 1 spiro atoms. The van der Waals surface area contributed by atoms with E-state index in [9.17, 15) is 8.42 Å². The van der Waals surface area contributed by atoms with Crippen LogP contribution in [0.5, 0.6) is 0 Å². The number of rotatable bonds is 0. The lowest BCUT2D eigenvalue weighted by Gasteiger charge is -2.31. The minimum Gasteiger partial charge on any atom is -0.316 e. The first kappa shape index (κ1) is 11.3. The van der Waals surface area contributed by atoms with Crippen molar-refractivity contribution < 1.29 is 8.42 Å². The van der Waals surface area contributed by atoms with E-state index < -0.39 is 9.84 Å². The van der Waals surface area contributed by atoms with Gasteiger partial charge in [-0.25, -0.2) is 8.42 Å². The quantitative estimate of drug-likeness (QED) is 0.657. The predicted molar refractivity (Wildman–Crippen MR) is 55.1 cm³/mol. The lowest BCUT2D eigenvalue weighted by atomic mass is 9.81. The third-order valence-corrected chi connectivity index (χ3v) is 4.87. The van der Waals surface area contributed by atoms with E-state index in [2.05, 4.69) is 5.32 Å². The van der Waals surface area contributed by atoms with E-state index in [1.807, 2.05) is 0 Å². The highest BCUT2D eigenvalue weighted by Gasteiger charge is 2.39. The fourth-order valence-corrected chi connectivity index (χ4v) is 3.89. The topological polar surface area (TPSA) is 46.2 Å². The Kier molecular flexibility index (Phi) is 3.25. The van der Waals surface area contributed by atoms with Gasteiger partial charge < -0.3 is 5.32 Å². The minimum absolute atomic E-state index is 0. The molecule has 0 aliphatic carbocycles. The average molecular weight is 226 g/mol. The molecule has 3 nitrogen and oxygen atoms in total. The van der Waals surface area contributed by atoms with Crippen LogP contribution >= 0.6 is 12.4 Å². The van der Waals surface area contributed by atoms with Crippen LogP contribution in [0.2, 0.25) is 0 Å². The third kappa shape index (κ3) is 2.36. The molecule has 78 valence electrons. The lowest BCUT2D eigenvalue weighted by molar-refractivity contribution is 0.288. The zero-order chi connectivity index (χ0) is 8.66. The lowest BCUT2D eigenvalue weighted by Crippen LogP contribution is -2.35. The van der Waals surface area contributed by atoms with Crippen LogP contribution in [0.3, 0.4) is 0 Å².